The van der Waals surface area contributed by atoms with E-state index in [0.29, 0.717) is 25.6 Å². The molecule has 1 saturated heterocycles. The van der Waals surface area contributed by atoms with Gasteiger partial charge in [-0.3, -0.25) is 14.5 Å². The Morgan fingerprint density at radius 3 is 2.80 bits per heavy atom. The number of anilines is 1. The molecule has 0 bridgehead atoms. The molecule has 0 radical (unpaired) electrons. The van der Waals surface area contributed by atoms with Crippen molar-refractivity contribution >= 4 is 41.5 Å². The number of nitrogens with zero attached hydrogens (tertiary/aromatic N) is 6. The summed E-state index contributed by atoms with van der Waals surface area (Å²) in [4.78, 5) is 20.4. The van der Waals surface area contributed by atoms with Gasteiger partial charge in [-0.05, 0) is 6.92 Å². The summed E-state index contributed by atoms with van der Waals surface area (Å²) in [7, 11) is 3.53. The van der Waals surface area contributed by atoms with Gasteiger partial charge >= 0.3 is 0 Å². The number of rotatable bonds is 3. The molecule has 1 aliphatic rings. The van der Waals surface area contributed by atoms with Crippen molar-refractivity contribution in [2.75, 3.05) is 31.6 Å². The van der Waals surface area contributed by atoms with Gasteiger partial charge in [-0.25, -0.2) is 0 Å². The van der Waals surface area contributed by atoms with Crippen LogP contribution in [0.5, 0.6) is 0 Å². The Morgan fingerprint density at radius 1 is 1.44 bits per heavy atom. The Labute approximate surface area is 163 Å². The van der Waals surface area contributed by atoms with Crippen LogP contribution < -0.4 is 10.2 Å². The number of amides is 1. The third-order valence-corrected chi connectivity index (χ3v) is 3.83. The molecular formula is C15H22IN7O2. The molecule has 0 saturated carbocycles. The molecule has 0 spiro atoms. The van der Waals surface area contributed by atoms with Crippen LogP contribution in [0.4, 0.5) is 5.69 Å². The highest BCUT2D eigenvalue weighted by Crippen LogP contribution is 2.16. The molecule has 2 aromatic rings. The van der Waals surface area contributed by atoms with Crippen LogP contribution in [0, 0.1) is 6.92 Å². The molecule has 0 atom stereocenters. The lowest BCUT2D eigenvalue weighted by Crippen LogP contribution is -2.55. The predicted molar refractivity (Wildman–Crippen MR) is 104 cm³/mol. The molecule has 136 valence electrons. The lowest BCUT2D eigenvalue weighted by atomic mass is 10.3. The van der Waals surface area contributed by atoms with E-state index in [0.717, 1.165) is 17.1 Å². The van der Waals surface area contributed by atoms with Crippen molar-refractivity contribution in [3.63, 3.8) is 0 Å². The summed E-state index contributed by atoms with van der Waals surface area (Å²) in [5, 5.41) is 11.2. The maximum Gasteiger partial charge on any atom is 0.246 e. The maximum absolute atomic E-state index is 12.4. The van der Waals surface area contributed by atoms with E-state index in [1.807, 2.05) is 31.1 Å². The van der Waals surface area contributed by atoms with Crippen LogP contribution in [-0.2, 0) is 18.4 Å². The van der Waals surface area contributed by atoms with Crippen LogP contribution in [0.1, 0.15) is 11.5 Å². The lowest BCUT2D eigenvalue weighted by Gasteiger charge is -2.35. The SMILES string of the molecule is CN=C(NCc1cc(C)no1)N1CCN(c2cnn(C)c2)C(=O)C1.I. The Kier molecular flexibility index (Phi) is 6.39. The second-order valence-corrected chi connectivity index (χ2v) is 5.67. The molecule has 0 aromatic carbocycles. The predicted octanol–water partition coefficient (Wildman–Crippen LogP) is 0.759. The molecule has 3 rings (SSSR count). The Hall–Kier alpha value is -2.11. The number of guanidine groups is 1. The minimum Gasteiger partial charge on any atom is -0.359 e. The van der Waals surface area contributed by atoms with Crippen molar-refractivity contribution in [2.45, 2.75) is 13.5 Å². The van der Waals surface area contributed by atoms with E-state index < -0.39 is 0 Å². The van der Waals surface area contributed by atoms with Crippen molar-refractivity contribution < 1.29 is 9.32 Å². The number of piperazine rings is 1. The van der Waals surface area contributed by atoms with Gasteiger partial charge in [0.2, 0.25) is 5.91 Å². The largest absolute Gasteiger partial charge is 0.359 e. The van der Waals surface area contributed by atoms with E-state index in [2.05, 4.69) is 20.6 Å². The minimum absolute atomic E-state index is 0. The molecule has 1 amide bonds. The minimum atomic E-state index is 0. The summed E-state index contributed by atoms with van der Waals surface area (Å²) < 4.78 is 6.86. The summed E-state index contributed by atoms with van der Waals surface area (Å²) in [6.45, 7) is 3.90. The summed E-state index contributed by atoms with van der Waals surface area (Å²) in [5.74, 6) is 1.42. The average molecular weight is 459 g/mol. The molecule has 9 nitrogen and oxygen atoms in total. The number of aromatic nitrogens is 3. The number of carbonyl (C=O) groups excluding carboxylic acids is 1. The Bertz CT molecular complexity index is 755. The molecule has 0 aliphatic carbocycles. The van der Waals surface area contributed by atoms with Crippen molar-refractivity contribution in [2.24, 2.45) is 12.0 Å². The normalized spacial score (nSPS) is 15.3. The standard InChI is InChI=1S/C15H21N7O2.HI/c1-11-6-13(24-19-11)8-17-15(16-2)21-4-5-22(14(23)10-21)12-7-18-20(3)9-12;/h6-7,9H,4-5,8,10H2,1-3H3,(H,16,17);1H. The summed E-state index contributed by atoms with van der Waals surface area (Å²) in [6, 6.07) is 1.87. The van der Waals surface area contributed by atoms with Crippen molar-refractivity contribution in [1.82, 2.24) is 25.2 Å². The Morgan fingerprint density at radius 2 is 2.24 bits per heavy atom. The molecule has 10 heteroatoms. The number of nitrogens with one attached hydrogen (secondary N) is 1. The summed E-state index contributed by atoms with van der Waals surface area (Å²) in [5.41, 5.74) is 1.66. The monoisotopic (exact) mass is 459 g/mol. The highest BCUT2D eigenvalue weighted by molar-refractivity contribution is 14.0. The van der Waals surface area contributed by atoms with Gasteiger partial charge in [0.05, 0.1) is 24.1 Å². The zero-order chi connectivity index (χ0) is 17.1. The van der Waals surface area contributed by atoms with E-state index in [1.165, 1.54) is 0 Å². The number of hydrogen-bond donors (Lipinski definition) is 1. The van der Waals surface area contributed by atoms with Gasteiger partial charge in [-0.1, -0.05) is 5.16 Å². The van der Waals surface area contributed by atoms with E-state index in [-0.39, 0.29) is 36.4 Å². The average Bonchev–Trinajstić information content (AvgIpc) is 3.16. The molecule has 1 aliphatic heterocycles. The van der Waals surface area contributed by atoms with E-state index in [9.17, 15) is 4.79 Å². The van der Waals surface area contributed by atoms with Crippen LogP contribution in [-0.4, -0.2) is 58.4 Å². The molecule has 1 N–H and O–H groups in total. The first-order valence-electron chi connectivity index (χ1n) is 7.73. The van der Waals surface area contributed by atoms with Gasteiger partial charge in [0.15, 0.2) is 11.7 Å². The van der Waals surface area contributed by atoms with Gasteiger partial charge in [0, 0.05) is 39.4 Å². The van der Waals surface area contributed by atoms with E-state index >= 15 is 0 Å². The van der Waals surface area contributed by atoms with Gasteiger partial charge in [0.25, 0.3) is 0 Å². The second kappa shape index (κ2) is 8.32. The van der Waals surface area contributed by atoms with Crippen molar-refractivity contribution in [1.29, 1.82) is 0 Å². The molecule has 0 unspecified atom stereocenters. The van der Waals surface area contributed by atoms with Crippen LogP contribution >= 0.6 is 24.0 Å². The smallest absolute Gasteiger partial charge is 0.246 e. The number of carbonyl (C=O) groups is 1. The second-order valence-electron chi connectivity index (χ2n) is 5.67. The van der Waals surface area contributed by atoms with Crippen LogP contribution in [0.2, 0.25) is 0 Å². The summed E-state index contributed by atoms with van der Waals surface area (Å²) >= 11 is 0. The van der Waals surface area contributed by atoms with Gasteiger partial charge in [0.1, 0.15) is 6.54 Å². The van der Waals surface area contributed by atoms with E-state index in [4.69, 9.17) is 4.52 Å². The number of aliphatic imine (C=N–C) groups is 1. The molecule has 1 fully saturated rings. The highest BCUT2D eigenvalue weighted by Gasteiger charge is 2.27. The van der Waals surface area contributed by atoms with Crippen molar-refractivity contribution in [3.8, 4) is 0 Å². The number of aryl methyl sites for hydroxylation is 2. The highest BCUT2D eigenvalue weighted by atomic mass is 127. The fraction of sp³-hybridized carbons (Fsp3) is 0.467. The molecule has 25 heavy (non-hydrogen) atoms. The first-order valence-corrected chi connectivity index (χ1v) is 7.73. The van der Waals surface area contributed by atoms with Gasteiger partial charge in [-0.15, -0.1) is 24.0 Å². The first kappa shape index (κ1) is 19.2. The summed E-state index contributed by atoms with van der Waals surface area (Å²) in [6.07, 6.45) is 3.54. The zero-order valence-electron chi connectivity index (χ0n) is 14.5. The molecular weight excluding hydrogens is 437 g/mol. The number of halogens is 1. The van der Waals surface area contributed by atoms with Gasteiger partial charge < -0.3 is 19.6 Å². The first-order chi connectivity index (χ1) is 11.6. The van der Waals surface area contributed by atoms with Crippen LogP contribution in [0.3, 0.4) is 0 Å². The molecule has 3 heterocycles. The quantitative estimate of drug-likeness (QED) is 0.414. The topological polar surface area (TPSA) is 91.8 Å². The molecule has 2 aromatic heterocycles. The Balaban J connectivity index is 0.00000225. The van der Waals surface area contributed by atoms with E-state index in [1.54, 1.807) is 22.8 Å². The fourth-order valence-electron chi connectivity index (χ4n) is 2.67. The van der Waals surface area contributed by atoms with Crippen LogP contribution in [0.15, 0.2) is 28.0 Å². The lowest BCUT2D eigenvalue weighted by molar-refractivity contribution is -0.120. The maximum atomic E-state index is 12.4. The van der Waals surface area contributed by atoms with Gasteiger partial charge in [-0.2, -0.15) is 5.10 Å². The third-order valence-electron chi connectivity index (χ3n) is 3.83. The fourth-order valence-corrected chi connectivity index (χ4v) is 2.67. The third kappa shape index (κ3) is 4.50. The zero-order valence-corrected chi connectivity index (χ0v) is 16.8. The number of hydrogen-bond acceptors (Lipinski definition) is 5. The van der Waals surface area contributed by atoms with Crippen LogP contribution in [0.25, 0.3) is 0 Å². The van der Waals surface area contributed by atoms with Crippen molar-refractivity contribution in [3.05, 3.63) is 29.9 Å².